The molecule has 1 aromatic carbocycles. The molecule has 1 heterocycles. The zero-order valence-electron chi connectivity index (χ0n) is 9.80. The van der Waals surface area contributed by atoms with Crippen molar-refractivity contribution in [2.75, 3.05) is 0 Å². The second kappa shape index (κ2) is 4.91. The molecule has 0 saturated carbocycles. The number of primary amides is 1. The molecule has 2 aromatic rings. The van der Waals surface area contributed by atoms with Crippen LogP contribution in [0.5, 0.6) is 0 Å². The highest BCUT2D eigenvalue weighted by molar-refractivity contribution is 9.10. The van der Waals surface area contributed by atoms with E-state index in [1.54, 1.807) is 10.9 Å². The molecule has 18 heavy (non-hydrogen) atoms. The summed E-state index contributed by atoms with van der Waals surface area (Å²) in [6.07, 6.45) is 3.03. The predicted octanol–water partition coefficient (Wildman–Crippen LogP) is 1.75. The van der Waals surface area contributed by atoms with Gasteiger partial charge in [0.15, 0.2) is 0 Å². The fourth-order valence-corrected chi connectivity index (χ4v) is 2.15. The lowest BCUT2D eigenvalue weighted by molar-refractivity contribution is 0.100. The van der Waals surface area contributed by atoms with Crippen molar-refractivity contribution in [2.45, 2.75) is 13.0 Å². The van der Waals surface area contributed by atoms with Gasteiger partial charge in [0.2, 0.25) is 0 Å². The first-order chi connectivity index (χ1) is 8.49. The van der Waals surface area contributed by atoms with Gasteiger partial charge in [-0.2, -0.15) is 5.10 Å². The molecule has 0 spiro atoms. The molecule has 6 heteroatoms. The Hall–Kier alpha value is -1.66. The molecule has 1 amide bonds. The van der Waals surface area contributed by atoms with Gasteiger partial charge in [0.25, 0.3) is 5.91 Å². The highest BCUT2D eigenvalue weighted by Gasteiger charge is 2.09. The minimum absolute atomic E-state index is 0.0332. The first kappa shape index (κ1) is 12.8. The molecule has 5 nitrogen and oxygen atoms in total. The van der Waals surface area contributed by atoms with Crippen LogP contribution in [0.25, 0.3) is 5.69 Å². The van der Waals surface area contributed by atoms with E-state index in [0.717, 1.165) is 15.7 Å². The quantitative estimate of drug-likeness (QED) is 0.905. The van der Waals surface area contributed by atoms with Crippen LogP contribution in [0.15, 0.2) is 35.1 Å². The second-order valence-corrected chi connectivity index (χ2v) is 4.89. The molecule has 0 aliphatic carbocycles. The van der Waals surface area contributed by atoms with E-state index in [4.69, 9.17) is 11.5 Å². The van der Waals surface area contributed by atoms with Gasteiger partial charge in [0.05, 0.1) is 17.4 Å². The number of rotatable bonds is 3. The lowest BCUT2D eigenvalue weighted by Gasteiger charge is -2.09. The molecule has 94 valence electrons. The summed E-state index contributed by atoms with van der Waals surface area (Å²) < 4.78 is 2.45. The van der Waals surface area contributed by atoms with Gasteiger partial charge < -0.3 is 11.5 Å². The zero-order valence-corrected chi connectivity index (χ0v) is 11.4. The van der Waals surface area contributed by atoms with Crippen molar-refractivity contribution < 1.29 is 4.79 Å². The lowest BCUT2D eigenvalue weighted by atomic mass is 10.1. The molecule has 4 N–H and O–H groups in total. The van der Waals surface area contributed by atoms with Gasteiger partial charge in [-0.15, -0.1) is 0 Å². The smallest absolute Gasteiger partial charge is 0.251 e. The Labute approximate surface area is 113 Å². The number of nitrogens with two attached hydrogens (primary N) is 2. The number of hydrogen-bond donors (Lipinski definition) is 2. The molecular formula is C12H13BrN4O. The van der Waals surface area contributed by atoms with Gasteiger partial charge in [-0.3, -0.25) is 4.79 Å². The van der Waals surface area contributed by atoms with E-state index in [1.807, 2.05) is 25.1 Å². The maximum atomic E-state index is 11.0. The average Bonchev–Trinajstić information content (AvgIpc) is 2.78. The number of amides is 1. The van der Waals surface area contributed by atoms with E-state index in [2.05, 4.69) is 21.0 Å². The van der Waals surface area contributed by atoms with Gasteiger partial charge in [-0.1, -0.05) is 6.07 Å². The summed E-state index contributed by atoms with van der Waals surface area (Å²) in [4.78, 5) is 11.0. The normalized spacial score (nSPS) is 12.4. The molecule has 0 bridgehead atoms. The van der Waals surface area contributed by atoms with Gasteiger partial charge >= 0.3 is 0 Å². The Bertz CT molecular complexity index is 592. The SMILES string of the molecule is C[C@@H](N)c1ccc(-n2cc(C(N)=O)cn2)c(Br)c1. The fourth-order valence-electron chi connectivity index (χ4n) is 1.57. The molecule has 0 radical (unpaired) electrons. The van der Waals surface area contributed by atoms with E-state index in [-0.39, 0.29) is 6.04 Å². The van der Waals surface area contributed by atoms with Crippen molar-refractivity contribution in [3.63, 3.8) is 0 Å². The minimum Gasteiger partial charge on any atom is -0.366 e. The van der Waals surface area contributed by atoms with E-state index in [1.165, 1.54) is 6.20 Å². The van der Waals surface area contributed by atoms with Crippen molar-refractivity contribution in [3.8, 4) is 5.69 Å². The summed E-state index contributed by atoms with van der Waals surface area (Å²) >= 11 is 3.47. The number of nitrogens with zero attached hydrogens (tertiary/aromatic N) is 2. The predicted molar refractivity (Wildman–Crippen MR) is 72.4 cm³/mol. The third-order valence-corrected chi connectivity index (χ3v) is 3.25. The maximum Gasteiger partial charge on any atom is 0.251 e. The zero-order chi connectivity index (χ0) is 13.3. The molecule has 1 aromatic heterocycles. The van der Waals surface area contributed by atoms with Crippen molar-refractivity contribution in [1.82, 2.24) is 9.78 Å². The monoisotopic (exact) mass is 308 g/mol. The van der Waals surface area contributed by atoms with Gasteiger partial charge in [-0.25, -0.2) is 4.68 Å². The lowest BCUT2D eigenvalue weighted by Crippen LogP contribution is -2.09. The molecule has 2 rings (SSSR count). The topological polar surface area (TPSA) is 86.9 Å². The van der Waals surface area contributed by atoms with Crippen LogP contribution in [0.1, 0.15) is 28.9 Å². The summed E-state index contributed by atoms with van der Waals surface area (Å²) in [5.41, 5.74) is 13.2. The van der Waals surface area contributed by atoms with Crippen LogP contribution in [-0.4, -0.2) is 15.7 Å². The van der Waals surface area contributed by atoms with Crippen LogP contribution in [0, 0.1) is 0 Å². The first-order valence-electron chi connectivity index (χ1n) is 5.39. The number of carbonyl (C=O) groups excluding carboxylic acids is 1. The summed E-state index contributed by atoms with van der Waals surface area (Å²) in [6, 6.07) is 5.72. The van der Waals surface area contributed by atoms with Crippen LogP contribution in [-0.2, 0) is 0 Å². The molecule has 0 unspecified atom stereocenters. The van der Waals surface area contributed by atoms with Crippen molar-refractivity contribution in [2.24, 2.45) is 11.5 Å². The molecule has 0 aliphatic rings. The molecular weight excluding hydrogens is 296 g/mol. The molecule has 0 saturated heterocycles. The second-order valence-electron chi connectivity index (χ2n) is 4.04. The van der Waals surface area contributed by atoms with Crippen LogP contribution in [0.4, 0.5) is 0 Å². The summed E-state index contributed by atoms with van der Waals surface area (Å²) in [7, 11) is 0. The Kier molecular flexibility index (Phi) is 3.49. The van der Waals surface area contributed by atoms with Crippen LogP contribution in [0.3, 0.4) is 0 Å². The van der Waals surface area contributed by atoms with Crippen molar-refractivity contribution in [3.05, 3.63) is 46.2 Å². The van der Waals surface area contributed by atoms with E-state index >= 15 is 0 Å². The van der Waals surface area contributed by atoms with E-state index in [0.29, 0.717) is 5.56 Å². The van der Waals surface area contributed by atoms with E-state index in [9.17, 15) is 4.79 Å². The standard InChI is InChI=1S/C12H13BrN4O/c1-7(14)8-2-3-11(10(13)4-8)17-6-9(5-16-17)12(15)18/h2-7H,14H2,1H3,(H2,15,18)/t7-/m1/s1. The van der Waals surface area contributed by atoms with Crippen LogP contribution in [0.2, 0.25) is 0 Å². The molecule has 0 aliphatic heterocycles. The Morgan fingerprint density at radius 2 is 2.22 bits per heavy atom. The molecule has 1 atom stereocenters. The average molecular weight is 309 g/mol. The first-order valence-corrected chi connectivity index (χ1v) is 6.18. The summed E-state index contributed by atoms with van der Waals surface area (Å²) in [5.74, 6) is -0.496. The number of halogens is 1. The summed E-state index contributed by atoms with van der Waals surface area (Å²) in [6.45, 7) is 1.92. The largest absolute Gasteiger partial charge is 0.366 e. The van der Waals surface area contributed by atoms with Crippen molar-refractivity contribution in [1.29, 1.82) is 0 Å². The fraction of sp³-hybridized carbons (Fsp3) is 0.167. The van der Waals surface area contributed by atoms with Crippen LogP contribution >= 0.6 is 15.9 Å². The molecule has 0 fully saturated rings. The number of hydrogen-bond acceptors (Lipinski definition) is 3. The highest BCUT2D eigenvalue weighted by Crippen LogP contribution is 2.24. The summed E-state index contributed by atoms with van der Waals surface area (Å²) in [5, 5.41) is 4.10. The van der Waals surface area contributed by atoms with Gasteiger partial charge in [-0.05, 0) is 40.5 Å². The third kappa shape index (κ3) is 2.44. The maximum absolute atomic E-state index is 11.0. The number of benzene rings is 1. The van der Waals surface area contributed by atoms with E-state index < -0.39 is 5.91 Å². The Morgan fingerprint density at radius 1 is 1.50 bits per heavy atom. The third-order valence-electron chi connectivity index (χ3n) is 2.61. The Balaban J connectivity index is 2.41. The minimum atomic E-state index is -0.496. The Morgan fingerprint density at radius 3 is 2.72 bits per heavy atom. The number of carbonyl (C=O) groups is 1. The van der Waals surface area contributed by atoms with Crippen molar-refractivity contribution >= 4 is 21.8 Å². The highest BCUT2D eigenvalue weighted by atomic mass is 79.9. The van der Waals surface area contributed by atoms with Gasteiger partial charge in [0, 0.05) is 16.7 Å². The van der Waals surface area contributed by atoms with Crippen LogP contribution < -0.4 is 11.5 Å². The number of aromatic nitrogens is 2. The van der Waals surface area contributed by atoms with Gasteiger partial charge in [0.1, 0.15) is 0 Å².